The molecule has 2 amide bonds. The van der Waals surface area contributed by atoms with E-state index in [1.165, 1.54) is 36.6 Å². The van der Waals surface area contributed by atoms with E-state index in [0.717, 1.165) is 18.5 Å². The first-order valence-corrected chi connectivity index (χ1v) is 9.16. The van der Waals surface area contributed by atoms with E-state index in [-0.39, 0.29) is 11.8 Å². The molecule has 1 aliphatic carbocycles. The lowest BCUT2D eigenvalue weighted by molar-refractivity contribution is -0.119. The van der Waals surface area contributed by atoms with E-state index in [0.29, 0.717) is 18.0 Å². The Morgan fingerprint density at radius 1 is 1.12 bits per heavy atom. The van der Waals surface area contributed by atoms with Crippen molar-refractivity contribution >= 4 is 23.2 Å². The Hall–Kier alpha value is -2.70. The summed E-state index contributed by atoms with van der Waals surface area (Å²) in [7, 11) is 0. The zero-order chi connectivity index (χ0) is 18.4. The van der Waals surface area contributed by atoms with Gasteiger partial charge in [-0.2, -0.15) is 5.10 Å². The summed E-state index contributed by atoms with van der Waals surface area (Å²) in [6.45, 7) is 1.75. The second-order valence-electron chi connectivity index (χ2n) is 6.87. The van der Waals surface area contributed by atoms with Gasteiger partial charge < -0.3 is 10.6 Å². The lowest BCUT2D eigenvalue weighted by Gasteiger charge is -2.20. The first-order chi connectivity index (χ1) is 12.6. The van der Waals surface area contributed by atoms with Gasteiger partial charge in [0.05, 0.1) is 0 Å². The van der Waals surface area contributed by atoms with Crippen LogP contribution in [0.5, 0.6) is 0 Å². The van der Waals surface area contributed by atoms with Crippen LogP contribution in [0.25, 0.3) is 0 Å². The molecule has 1 saturated carbocycles. The molecule has 0 bridgehead atoms. The van der Waals surface area contributed by atoms with Crippen molar-refractivity contribution in [3.8, 4) is 0 Å². The number of carbonyl (C=O) groups excluding carboxylic acids is 2. The molecular formula is C19H25N5O2. The highest BCUT2D eigenvalue weighted by Gasteiger charge is 2.17. The minimum atomic E-state index is -0.452. The molecule has 7 heteroatoms. The summed E-state index contributed by atoms with van der Waals surface area (Å²) in [5, 5.41) is 9.75. The lowest BCUT2D eigenvalue weighted by Crippen LogP contribution is -2.24. The van der Waals surface area contributed by atoms with Gasteiger partial charge in [-0.1, -0.05) is 19.3 Å². The molecule has 0 aliphatic heterocycles. The monoisotopic (exact) mass is 355 g/mol. The highest BCUT2D eigenvalue weighted by Crippen LogP contribution is 2.26. The largest absolute Gasteiger partial charge is 0.326 e. The van der Waals surface area contributed by atoms with Gasteiger partial charge in [-0.15, -0.1) is 0 Å². The molecule has 0 spiro atoms. The Kier molecular flexibility index (Phi) is 5.99. The van der Waals surface area contributed by atoms with Crippen LogP contribution in [-0.2, 0) is 9.59 Å². The standard InChI is InChI=1S/C19H25N5O2/c1-14(24-13-20-12-21-24)19(26)23-17-9-7-16(8-10-17)22-18(25)11-15-5-3-2-4-6-15/h7-10,12-15H,2-6,11H2,1H3,(H,22,25)(H,23,26). The van der Waals surface area contributed by atoms with E-state index >= 15 is 0 Å². The third kappa shape index (κ3) is 4.91. The fourth-order valence-corrected chi connectivity index (χ4v) is 3.29. The van der Waals surface area contributed by atoms with Gasteiger partial charge in [0.2, 0.25) is 11.8 Å². The molecule has 1 fully saturated rings. The molecule has 1 aliphatic rings. The van der Waals surface area contributed by atoms with Crippen molar-refractivity contribution in [1.29, 1.82) is 0 Å². The van der Waals surface area contributed by atoms with E-state index in [1.54, 1.807) is 31.2 Å². The molecule has 138 valence electrons. The third-order valence-electron chi connectivity index (χ3n) is 4.85. The molecule has 0 saturated heterocycles. The smallest absolute Gasteiger partial charge is 0.249 e. The Bertz CT molecular complexity index is 721. The SMILES string of the molecule is CC(C(=O)Nc1ccc(NC(=O)CC2CCCCC2)cc1)n1cncn1. The molecule has 26 heavy (non-hydrogen) atoms. The molecule has 0 radical (unpaired) electrons. The molecular weight excluding hydrogens is 330 g/mol. The van der Waals surface area contributed by atoms with Crippen LogP contribution in [0.3, 0.4) is 0 Å². The minimum Gasteiger partial charge on any atom is -0.326 e. The van der Waals surface area contributed by atoms with Gasteiger partial charge >= 0.3 is 0 Å². The van der Waals surface area contributed by atoms with E-state index in [9.17, 15) is 9.59 Å². The summed E-state index contributed by atoms with van der Waals surface area (Å²) < 4.78 is 1.50. The van der Waals surface area contributed by atoms with Crippen LogP contribution in [0.2, 0.25) is 0 Å². The molecule has 1 aromatic carbocycles. The number of rotatable bonds is 6. The number of hydrogen-bond acceptors (Lipinski definition) is 4. The van der Waals surface area contributed by atoms with Crippen LogP contribution in [0.1, 0.15) is 51.5 Å². The van der Waals surface area contributed by atoms with E-state index < -0.39 is 6.04 Å². The van der Waals surface area contributed by atoms with Crippen molar-refractivity contribution in [2.24, 2.45) is 5.92 Å². The summed E-state index contributed by atoms with van der Waals surface area (Å²) in [5.41, 5.74) is 1.42. The number of aromatic nitrogens is 3. The number of benzene rings is 1. The Labute approximate surface area is 153 Å². The van der Waals surface area contributed by atoms with E-state index in [4.69, 9.17) is 0 Å². The van der Waals surface area contributed by atoms with Crippen LogP contribution in [-0.4, -0.2) is 26.6 Å². The van der Waals surface area contributed by atoms with Crippen LogP contribution in [0.4, 0.5) is 11.4 Å². The number of hydrogen-bond donors (Lipinski definition) is 2. The molecule has 1 atom stereocenters. The van der Waals surface area contributed by atoms with E-state index in [2.05, 4.69) is 20.7 Å². The van der Waals surface area contributed by atoms with Crippen LogP contribution in [0, 0.1) is 5.92 Å². The van der Waals surface area contributed by atoms with Crippen molar-refractivity contribution in [3.05, 3.63) is 36.9 Å². The zero-order valence-electron chi connectivity index (χ0n) is 15.0. The molecule has 3 rings (SSSR count). The van der Waals surface area contributed by atoms with Crippen molar-refractivity contribution in [1.82, 2.24) is 14.8 Å². The van der Waals surface area contributed by atoms with Gasteiger partial charge in [0.1, 0.15) is 18.7 Å². The molecule has 7 nitrogen and oxygen atoms in total. The van der Waals surface area contributed by atoms with Gasteiger partial charge in [0.25, 0.3) is 0 Å². The topological polar surface area (TPSA) is 88.9 Å². The Morgan fingerprint density at radius 2 is 1.77 bits per heavy atom. The second-order valence-corrected chi connectivity index (χ2v) is 6.87. The Balaban J connectivity index is 1.49. The summed E-state index contributed by atoms with van der Waals surface area (Å²) in [6.07, 6.45) is 9.57. The number of nitrogens with one attached hydrogen (secondary N) is 2. The molecule has 2 aromatic rings. The van der Waals surface area contributed by atoms with Crippen molar-refractivity contribution < 1.29 is 9.59 Å². The van der Waals surface area contributed by atoms with Crippen molar-refractivity contribution in [2.75, 3.05) is 10.6 Å². The zero-order valence-corrected chi connectivity index (χ0v) is 15.0. The molecule has 2 N–H and O–H groups in total. The summed E-state index contributed by atoms with van der Waals surface area (Å²) in [4.78, 5) is 28.2. The first kappa shape index (κ1) is 18.1. The van der Waals surface area contributed by atoms with E-state index in [1.807, 2.05) is 0 Å². The molecule has 1 unspecified atom stereocenters. The van der Waals surface area contributed by atoms with Gasteiger partial charge in [0.15, 0.2) is 0 Å². The predicted molar refractivity (Wildman–Crippen MR) is 99.6 cm³/mol. The van der Waals surface area contributed by atoms with Gasteiger partial charge in [0, 0.05) is 17.8 Å². The fourth-order valence-electron chi connectivity index (χ4n) is 3.29. The van der Waals surface area contributed by atoms with Crippen LogP contribution < -0.4 is 10.6 Å². The third-order valence-corrected chi connectivity index (χ3v) is 4.85. The maximum atomic E-state index is 12.2. The van der Waals surface area contributed by atoms with Gasteiger partial charge in [-0.3, -0.25) is 9.59 Å². The Morgan fingerprint density at radius 3 is 2.38 bits per heavy atom. The number of amides is 2. The minimum absolute atomic E-state index is 0.0634. The number of nitrogens with zero attached hydrogens (tertiary/aromatic N) is 3. The average molecular weight is 355 g/mol. The normalized spacial score (nSPS) is 16.0. The summed E-state index contributed by atoms with van der Waals surface area (Å²) in [5.74, 6) is 0.402. The number of carbonyl (C=O) groups is 2. The lowest BCUT2D eigenvalue weighted by atomic mass is 9.87. The molecule has 1 aromatic heterocycles. The quantitative estimate of drug-likeness (QED) is 0.831. The maximum Gasteiger partial charge on any atom is 0.249 e. The highest BCUT2D eigenvalue weighted by molar-refractivity contribution is 5.94. The van der Waals surface area contributed by atoms with Crippen LogP contribution >= 0.6 is 0 Å². The average Bonchev–Trinajstić information content (AvgIpc) is 3.18. The summed E-state index contributed by atoms with van der Waals surface area (Å²) in [6, 6.07) is 6.71. The highest BCUT2D eigenvalue weighted by atomic mass is 16.2. The summed E-state index contributed by atoms with van der Waals surface area (Å²) >= 11 is 0. The second kappa shape index (κ2) is 8.60. The fraction of sp³-hybridized carbons (Fsp3) is 0.474. The maximum absolute atomic E-state index is 12.2. The number of anilines is 2. The van der Waals surface area contributed by atoms with Gasteiger partial charge in [-0.25, -0.2) is 9.67 Å². The predicted octanol–water partition coefficient (Wildman–Crippen LogP) is 3.39. The van der Waals surface area contributed by atoms with Crippen molar-refractivity contribution in [3.63, 3.8) is 0 Å². The van der Waals surface area contributed by atoms with Crippen molar-refractivity contribution in [2.45, 2.75) is 51.5 Å². The first-order valence-electron chi connectivity index (χ1n) is 9.16. The van der Waals surface area contributed by atoms with Crippen LogP contribution in [0.15, 0.2) is 36.9 Å². The molecule has 1 heterocycles. The van der Waals surface area contributed by atoms with Gasteiger partial charge in [-0.05, 0) is 49.9 Å².